The van der Waals surface area contributed by atoms with E-state index in [4.69, 9.17) is 9.47 Å². The first-order valence-corrected chi connectivity index (χ1v) is 12.0. The number of ether oxygens (including phenoxy) is 2. The number of aromatic nitrogens is 2. The molecule has 0 atom stereocenters. The predicted octanol–water partition coefficient (Wildman–Crippen LogP) is 7.90. The average Bonchev–Trinajstić information content (AvgIpc) is 3.45. The second-order valence-corrected chi connectivity index (χ2v) is 8.30. The lowest BCUT2D eigenvalue weighted by Gasteiger charge is -2.17. The maximum Gasteiger partial charge on any atom is 0.129 e. The molecular weight excluding hydrogens is 384 g/mol. The maximum absolute atomic E-state index is 6.31. The van der Waals surface area contributed by atoms with Gasteiger partial charge in [-0.2, -0.15) is 0 Å². The molecule has 0 spiro atoms. The summed E-state index contributed by atoms with van der Waals surface area (Å²) >= 11 is 0. The van der Waals surface area contributed by atoms with Gasteiger partial charge in [0.05, 0.1) is 13.2 Å². The molecule has 168 valence electrons. The molecule has 2 N–H and O–H groups in total. The lowest BCUT2D eigenvalue weighted by Crippen LogP contribution is -2.03. The molecule has 0 aliphatic heterocycles. The number of H-pyrrole nitrogens is 2. The molecule has 0 amide bonds. The zero-order valence-corrected chi connectivity index (χ0v) is 19.4. The molecule has 2 heterocycles. The molecule has 0 saturated carbocycles. The number of benzene rings is 1. The highest BCUT2D eigenvalue weighted by molar-refractivity contribution is 5.79. The summed E-state index contributed by atoms with van der Waals surface area (Å²) in [6, 6.07) is 12.6. The summed E-state index contributed by atoms with van der Waals surface area (Å²) in [6.45, 7) is 8.00. The van der Waals surface area contributed by atoms with Crippen LogP contribution in [-0.2, 0) is 0 Å². The molecule has 2 aromatic heterocycles. The Morgan fingerprint density at radius 2 is 1.32 bits per heavy atom. The minimum Gasteiger partial charge on any atom is -0.493 e. The summed E-state index contributed by atoms with van der Waals surface area (Å²) in [4.78, 5) is 6.80. The summed E-state index contributed by atoms with van der Waals surface area (Å²) in [5.41, 5.74) is 5.36. The van der Waals surface area contributed by atoms with Crippen LogP contribution >= 0.6 is 0 Å². The van der Waals surface area contributed by atoms with E-state index in [0.717, 1.165) is 65.8 Å². The molecule has 3 rings (SSSR count). The van der Waals surface area contributed by atoms with Crippen molar-refractivity contribution in [2.45, 2.75) is 72.1 Å². The van der Waals surface area contributed by atoms with Crippen LogP contribution in [0, 0.1) is 6.92 Å². The van der Waals surface area contributed by atoms with Gasteiger partial charge in [-0.3, -0.25) is 0 Å². The molecule has 4 heteroatoms. The van der Waals surface area contributed by atoms with E-state index in [1.165, 1.54) is 38.5 Å². The van der Waals surface area contributed by atoms with Crippen molar-refractivity contribution >= 4 is 0 Å². The van der Waals surface area contributed by atoms with Gasteiger partial charge in [0.1, 0.15) is 11.5 Å². The first-order valence-electron chi connectivity index (χ1n) is 12.0. The Balaban J connectivity index is 1.89. The quantitative estimate of drug-likeness (QED) is 0.259. The van der Waals surface area contributed by atoms with Gasteiger partial charge in [-0.1, -0.05) is 52.4 Å². The van der Waals surface area contributed by atoms with Crippen LogP contribution in [0.3, 0.4) is 0 Å². The first kappa shape index (κ1) is 23.1. The zero-order valence-electron chi connectivity index (χ0n) is 19.4. The van der Waals surface area contributed by atoms with Crippen LogP contribution in [0.4, 0.5) is 0 Å². The molecule has 31 heavy (non-hydrogen) atoms. The van der Waals surface area contributed by atoms with E-state index < -0.39 is 0 Å². The van der Waals surface area contributed by atoms with E-state index in [0.29, 0.717) is 0 Å². The van der Waals surface area contributed by atoms with Crippen molar-refractivity contribution in [3.8, 4) is 34.0 Å². The van der Waals surface area contributed by atoms with Crippen LogP contribution < -0.4 is 9.47 Å². The van der Waals surface area contributed by atoms with Crippen LogP contribution in [0.5, 0.6) is 11.5 Å². The lowest BCUT2D eigenvalue weighted by atomic mass is 10.0. The monoisotopic (exact) mass is 422 g/mol. The summed E-state index contributed by atoms with van der Waals surface area (Å²) in [5, 5.41) is 0. The van der Waals surface area contributed by atoms with Crippen LogP contribution in [0.25, 0.3) is 22.5 Å². The molecule has 4 nitrogen and oxygen atoms in total. The smallest absolute Gasteiger partial charge is 0.129 e. The fourth-order valence-electron chi connectivity index (χ4n) is 3.80. The van der Waals surface area contributed by atoms with Gasteiger partial charge in [0.15, 0.2) is 0 Å². The number of hydrogen-bond acceptors (Lipinski definition) is 2. The fraction of sp³-hybridized carbons (Fsp3) is 0.481. The third-order valence-corrected chi connectivity index (χ3v) is 5.60. The molecule has 0 aliphatic rings. The van der Waals surface area contributed by atoms with Crippen LogP contribution in [0.15, 0.2) is 42.6 Å². The third kappa shape index (κ3) is 6.68. The normalized spacial score (nSPS) is 11.1. The summed E-state index contributed by atoms with van der Waals surface area (Å²) in [5.74, 6) is 1.81. The molecule has 0 saturated heterocycles. The fourth-order valence-corrected chi connectivity index (χ4v) is 3.80. The van der Waals surface area contributed by atoms with E-state index in [9.17, 15) is 0 Å². The minimum absolute atomic E-state index is 0.730. The van der Waals surface area contributed by atoms with Crippen LogP contribution in [0.2, 0.25) is 0 Å². The van der Waals surface area contributed by atoms with E-state index in [-0.39, 0.29) is 0 Å². The number of aromatic amines is 2. The van der Waals surface area contributed by atoms with Crippen molar-refractivity contribution in [2.75, 3.05) is 13.2 Å². The van der Waals surface area contributed by atoms with Gasteiger partial charge in [-0.15, -0.1) is 0 Å². The SMILES string of the molecule is CCCCCCOc1cc(-c2ccc(C)[nH]2)c(OCCCCCC)cc1-c1ccc[nH]1. The van der Waals surface area contributed by atoms with Crippen molar-refractivity contribution in [1.29, 1.82) is 0 Å². The zero-order chi connectivity index (χ0) is 21.9. The van der Waals surface area contributed by atoms with Crippen molar-refractivity contribution in [3.05, 3.63) is 48.3 Å². The van der Waals surface area contributed by atoms with Gasteiger partial charge >= 0.3 is 0 Å². The molecular formula is C27H38N2O2. The number of rotatable bonds is 14. The van der Waals surface area contributed by atoms with Gasteiger partial charge in [-0.25, -0.2) is 0 Å². The first-order chi connectivity index (χ1) is 15.2. The second kappa shape index (κ2) is 12.3. The second-order valence-electron chi connectivity index (χ2n) is 8.30. The Labute approximate surface area is 187 Å². The van der Waals surface area contributed by atoms with Gasteiger partial charge in [0.25, 0.3) is 0 Å². The molecule has 0 aliphatic carbocycles. The van der Waals surface area contributed by atoms with Crippen molar-refractivity contribution in [3.63, 3.8) is 0 Å². The van der Waals surface area contributed by atoms with Gasteiger partial charge in [0.2, 0.25) is 0 Å². The molecule has 0 bridgehead atoms. The lowest BCUT2D eigenvalue weighted by molar-refractivity contribution is 0.299. The summed E-state index contributed by atoms with van der Waals surface area (Å²) < 4.78 is 12.6. The highest BCUT2D eigenvalue weighted by Crippen LogP contribution is 2.40. The Kier molecular flexibility index (Phi) is 9.14. The summed E-state index contributed by atoms with van der Waals surface area (Å²) in [6.07, 6.45) is 11.5. The summed E-state index contributed by atoms with van der Waals surface area (Å²) in [7, 11) is 0. The van der Waals surface area contributed by atoms with Gasteiger partial charge < -0.3 is 19.4 Å². The number of aryl methyl sites for hydroxylation is 1. The Hall–Kier alpha value is -2.62. The van der Waals surface area contributed by atoms with Crippen LogP contribution in [0.1, 0.15) is 70.9 Å². The standard InChI is InChI=1S/C27H38N2O2/c1-4-6-8-10-17-30-26-20-23(25-15-14-21(3)29-25)27(31-18-11-9-7-5-2)19-22(26)24-13-12-16-28-24/h12-16,19-20,28-29H,4-11,17-18H2,1-3H3. The third-order valence-electron chi connectivity index (χ3n) is 5.60. The van der Waals surface area contributed by atoms with E-state index in [1.807, 2.05) is 12.3 Å². The minimum atomic E-state index is 0.730. The Bertz CT molecular complexity index is 896. The van der Waals surface area contributed by atoms with Crippen molar-refractivity contribution in [2.24, 2.45) is 0 Å². The molecule has 3 aromatic rings. The highest BCUT2D eigenvalue weighted by atomic mass is 16.5. The van der Waals surface area contributed by atoms with E-state index >= 15 is 0 Å². The molecule has 0 fully saturated rings. The molecule has 0 unspecified atom stereocenters. The van der Waals surface area contributed by atoms with Gasteiger partial charge in [0, 0.05) is 34.4 Å². The molecule has 0 radical (unpaired) electrons. The predicted molar refractivity (Wildman–Crippen MR) is 130 cm³/mol. The van der Waals surface area contributed by atoms with Gasteiger partial charge in [-0.05, 0) is 56.2 Å². The topological polar surface area (TPSA) is 50.0 Å². The highest BCUT2D eigenvalue weighted by Gasteiger charge is 2.17. The number of unbranched alkanes of at least 4 members (excludes halogenated alkanes) is 6. The molecule has 1 aromatic carbocycles. The Morgan fingerprint density at radius 1 is 0.710 bits per heavy atom. The van der Waals surface area contributed by atoms with E-state index in [1.54, 1.807) is 0 Å². The van der Waals surface area contributed by atoms with E-state index in [2.05, 4.69) is 61.1 Å². The largest absolute Gasteiger partial charge is 0.493 e. The maximum atomic E-state index is 6.31. The van der Waals surface area contributed by atoms with Crippen molar-refractivity contribution in [1.82, 2.24) is 9.97 Å². The van der Waals surface area contributed by atoms with Crippen molar-refractivity contribution < 1.29 is 9.47 Å². The number of nitrogens with one attached hydrogen (secondary N) is 2. The Morgan fingerprint density at radius 3 is 1.81 bits per heavy atom. The van der Waals surface area contributed by atoms with Crippen LogP contribution in [-0.4, -0.2) is 23.2 Å². The number of hydrogen-bond donors (Lipinski definition) is 2. The average molecular weight is 423 g/mol.